The number of aromatic nitrogens is 3. The first-order chi connectivity index (χ1) is 31.1. The highest BCUT2D eigenvalue weighted by molar-refractivity contribution is 6.13. The van der Waals surface area contributed by atoms with E-state index in [2.05, 4.69) is 96.9 Å². The minimum Gasteiger partial charge on any atom is -0.333 e. The number of aliphatic imine (C=N–C) groups is 2. The van der Waals surface area contributed by atoms with Crippen LogP contribution in [0.5, 0.6) is 0 Å². The molecule has 1 aliphatic rings. The van der Waals surface area contributed by atoms with Gasteiger partial charge in [-0.05, 0) is 57.6 Å². The molecule has 1 aliphatic heterocycles. The molecule has 1 unspecified atom stereocenters. The quantitative estimate of drug-likeness (QED) is 0.145. The lowest BCUT2D eigenvalue weighted by atomic mass is 9.93. The highest BCUT2D eigenvalue weighted by atomic mass is 15.3. The molecule has 1 atom stereocenters. The van der Waals surface area contributed by atoms with Gasteiger partial charge in [-0.2, -0.15) is 5.26 Å². The van der Waals surface area contributed by atoms with Gasteiger partial charge < -0.3 is 4.90 Å². The van der Waals surface area contributed by atoms with Crippen LogP contribution in [0.2, 0.25) is 0 Å². The van der Waals surface area contributed by atoms with Gasteiger partial charge in [0, 0.05) is 40.4 Å². The Morgan fingerprint density at radius 1 is 0.413 bits per heavy atom. The molecule has 9 aromatic rings. The van der Waals surface area contributed by atoms with Crippen LogP contribution < -0.4 is 0 Å². The molecular weight excluding hydrogens is 771 g/mol. The third-order valence-corrected chi connectivity index (χ3v) is 11.2. The van der Waals surface area contributed by atoms with E-state index in [9.17, 15) is 5.26 Å². The van der Waals surface area contributed by atoms with Gasteiger partial charge in [0.1, 0.15) is 5.84 Å². The van der Waals surface area contributed by atoms with Crippen molar-refractivity contribution in [3.63, 3.8) is 0 Å². The number of amidine groups is 2. The molecule has 0 bridgehead atoms. The van der Waals surface area contributed by atoms with Crippen molar-refractivity contribution < 1.29 is 0 Å². The van der Waals surface area contributed by atoms with E-state index in [1.807, 2.05) is 133 Å². The molecule has 2 heterocycles. The standard InChI is InChI=1S/C56H39N7/c1-63-55(43-22-12-5-13-23-43)61-54(41-20-10-4-11-21-41)62-56(63)48-27-15-26-46(35-48)44-24-14-25-45(34-44)47-32-33-49(37-57)50(36-47)38-28-30-42(31-29-38)53-59-51(39-16-6-2-7-17-39)58-52(60-53)40-18-8-3-9-19-40/h2-36,56H,1H3. The van der Waals surface area contributed by atoms with Crippen LogP contribution in [0.1, 0.15) is 28.4 Å². The summed E-state index contributed by atoms with van der Waals surface area (Å²) >= 11 is 0. The molecule has 10 rings (SSSR count). The van der Waals surface area contributed by atoms with E-state index in [1.54, 1.807) is 0 Å². The van der Waals surface area contributed by atoms with Crippen LogP contribution in [0, 0.1) is 11.3 Å². The molecule has 0 N–H and O–H groups in total. The highest BCUT2D eigenvalue weighted by Gasteiger charge is 2.27. The summed E-state index contributed by atoms with van der Waals surface area (Å²) in [6.45, 7) is 0. The molecule has 298 valence electrons. The van der Waals surface area contributed by atoms with Crippen LogP contribution in [-0.4, -0.2) is 38.6 Å². The summed E-state index contributed by atoms with van der Waals surface area (Å²) in [5.74, 6) is 3.36. The van der Waals surface area contributed by atoms with E-state index in [0.717, 1.165) is 72.6 Å². The topological polar surface area (TPSA) is 90.4 Å². The second-order valence-electron chi connectivity index (χ2n) is 15.3. The average molecular weight is 810 g/mol. The normalized spacial score (nSPS) is 13.5. The Hall–Kier alpha value is -8.60. The number of hydrogen-bond acceptors (Lipinski definition) is 7. The SMILES string of the molecule is CN1C(c2ccccc2)=NC(c2ccccc2)=NC1c1cccc(-c2cccc(-c3ccc(C#N)c(-c4ccc(-c5nc(-c6ccccc6)nc(-c6ccccc6)n5)cc4)c3)c2)c1. The van der Waals surface area contributed by atoms with Gasteiger partial charge in [-0.3, -0.25) is 0 Å². The first-order valence-electron chi connectivity index (χ1n) is 20.8. The van der Waals surface area contributed by atoms with Crippen molar-refractivity contribution in [3.05, 3.63) is 235 Å². The summed E-state index contributed by atoms with van der Waals surface area (Å²) in [5, 5.41) is 10.3. The Morgan fingerprint density at radius 2 is 0.841 bits per heavy atom. The van der Waals surface area contributed by atoms with Crippen molar-refractivity contribution in [2.24, 2.45) is 9.98 Å². The first-order valence-corrected chi connectivity index (χ1v) is 20.8. The molecule has 1 aromatic heterocycles. The molecule has 0 amide bonds. The Labute approximate surface area is 366 Å². The maximum absolute atomic E-state index is 10.3. The van der Waals surface area contributed by atoms with E-state index in [-0.39, 0.29) is 6.17 Å². The second kappa shape index (κ2) is 17.2. The summed E-state index contributed by atoms with van der Waals surface area (Å²) in [4.78, 5) is 27.1. The average Bonchev–Trinajstić information content (AvgIpc) is 3.37. The van der Waals surface area contributed by atoms with Gasteiger partial charge in [0.25, 0.3) is 0 Å². The number of nitriles is 1. The zero-order valence-electron chi connectivity index (χ0n) is 34.4. The molecule has 0 radical (unpaired) electrons. The van der Waals surface area contributed by atoms with E-state index < -0.39 is 0 Å². The molecule has 8 aromatic carbocycles. The lowest BCUT2D eigenvalue weighted by molar-refractivity contribution is 0.383. The lowest BCUT2D eigenvalue weighted by Crippen LogP contribution is -2.35. The minimum absolute atomic E-state index is 0.287. The van der Waals surface area contributed by atoms with Crippen molar-refractivity contribution >= 4 is 11.7 Å². The van der Waals surface area contributed by atoms with Gasteiger partial charge in [-0.15, -0.1) is 0 Å². The van der Waals surface area contributed by atoms with Gasteiger partial charge in [-0.25, -0.2) is 24.9 Å². The predicted molar refractivity (Wildman–Crippen MR) is 254 cm³/mol. The summed E-state index contributed by atoms with van der Waals surface area (Å²) in [6.07, 6.45) is -0.287. The van der Waals surface area contributed by atoms with Crippen molar-refractivity contribution in [3.8, 4) is 73.6 Å². The molecule has 63 heavy (non-hydrogen) atoms. The monoisotopic (exact) mass is 809 g/mol. The Balaban J connectivity index is 0.962. The van der Waals surface area contributed by atoms with Crippen LogP contribution in [0.3, 0.4) is 0 Å². The van der Waals surface area contributed by atoms with Crippen LogP contribution in [0.25, 0.3) is 67.5 Å². The molecule has 0 spiro atoms. The van der Waals surface area contributed by atoms with Crippen molar-refractivity contribution in [1.82, 2.24) is 19.9 Å². The number of benzene rings is 8. The summed E-state index contributed by atoms with van der Waals surface area (Å²) < 4.78 is 0. The molecule has 7 nitrogen and oxygen atoms in total. The smallest absolute Gasteiger partial charge is 0.164 e. The lowest BCUT2D eigenvalue weighted by Gasteiger charge is -2.32. The summed E-state index contributed by atoms with van der Waals surface area (Å²) in [5.41, 5.74) is 12.3. The van der Waals surface area contributed by atoms with Crippen molar-refractivity contribution in [2.45, 2.75) is 6.17 Å². The van der Waals surface area contributed by atoms with Crippen molar-refractivity contribution in [1.29, 1.82) is 5.26 Å². The van der Waals surface area contributed by atoms with Gasteiger partial charge in [0.05, 0.1) is 11.6 Å². The number of rotatable bonds is 9. The van der Waals surface area contributed by atoms with Crippen LogP contribution >= 0.6 is 0 Å². The molecule has 0 fully saturated rings. The molecular formula is C56H39N7. The van der Waals surface area contributed by atoms with Gasteiger partial charge in [-0.1, -0.05) is 188 Å². The highest BCUT2D eigenvalue weighted by Crippen LogP contribution is 2.35. The van der Waals surface area contributed by atoms with Gasteiger partial charge in [0.2, 0.25) is 0 Å². The van der Waals surface area contributed by atoms with E-state index >= 15 is 0 Å². The maximum atomic E-state index is 10.3. The van der Waals surface area contributed by atoms with Gasteiger partial charge >= 0.3 is 0 Å². The molecule has 0 aliphatic carbocycles. The van der Waals surface area contributed by atoms with Gasteiger partial charge in [0.15, 0.2) is 29.5 Å². The van der Waals surface area contributed by atoms with Crippen LogP contribution in [0.15, 0.2) is 222 Å². The number of hydrogen-bond donors (Lipinski definition) is 0. The molecule has 0 saturated heterocycles. The summed E-state index contributed by atoms with van der Waals surface area (Å²) in [6, 6.07) is 74.0. The Morgan fingerprint density at radius 3 is 1.40 bits per heavy atom. The minimum atomic E-state index is -0.287. The van der Waals surface area contributed by atoms with Crippen molar-refractivity contribution in [2.75, 3.05) is 7.05 Å². The zero-order valence-corrected chi connectivity index (χ0v) is 34.4. The predicted octanol–water partition coefficient (Wildman–Crippen LogP) is 12.6. The fraction of sp³-hybridized carbons (Fsp3) is 0.0357. The fourth-order valence-corrected chi connectivity index (χ4v) is 7.96. The van der Waals surface area contributed by atoms with E-state index in [0.29, 0.717) is 28.9 Å². The van der Waals surface area contributed by atoms with Crippen LogP contribution in [0.4, 0.5) is 0 Å². The Bertz CT molecular complexity index is 3120. The second-order valence-corrected chi connectivity index (χ2v) is 15.3. The van der Waals surface area contributed by atoms with E-state index in [4.69, 9.17) is 24.9 Å². The summed E-state index contributed by atoms with van der Waals surface area (Å²) in [7, 11) is 2.06. The first kappa shape index (κ1) is 38.6. The number of nitrogens with zero attached hydrogens (tertiary/aromatic N) is 7. The fourth-order valence-electron chi connectivity index (χ4n) is 7.96. The largest absolute Gasteiger partial charge is 0.333 e. The molecule has 0 saturated carbocycles. The third-order valence-electron chi connectivity index (χ3n) is 11.2. The zero-order chi connectivity index (χ0) is 42.5. The Kier molecular flexibility index (Phi) is 10.5. The van der Waals surface area contributed by atoms with Crippen LogP contribution in [-0.2, 0) is 0 Å². The van der Waals surface area contributed by atoms with E-state index in [1.165, 1.54) is 0 Å². The third kappa shape index (κ3) is 8.05. The molecule has 7 heteroatoms. The maximum Gasteiger partial charge on any atom is 0.164 e.